The molecule has 1 aliphatic carbocycles. The quantitative estimate of drug-likeness (QED) is 0.202. The second-order valence-electron chi connectivity index (χ2n) is 11.7. The van der Waals surface area contributed by atoms with E-state index in [0.717, 1.165) is 23.6 Å². The first-order valence-corrected chi connectivity index (χ1v) is 16.6. The third kappa shape index (κ3) is 9.06. The molecule has 246 valence electrons. The molecule has 0 aromatic heterocycles. The number of hydrogen-bond acceptors (Lipinski definition) is 7. The summed E-state index contributed by atoms with van der Waals surface area (Å²) in [4.78, 5) is 45.1. The van der Waals surface area contributed by atoms with Gasteiger partial charge in [0, 0.05) is 38.8 Å². The van der Waals surface area contributed by atoms with E-state index in [4.69, 9.17) is 15.9 Å². The summed E-state index contributed by atoms with van der Waals surface area (Å²) in [5.74, 6) is -1.27. The molecule has 13 nitrogen and oxygen atoms in total. The van der Waals surface area contributed by atoms with Gasteiger partial charge in [0.1, 0.15) is 12.6 Å². The molecule has 0 spiro atoms. The van der Waals surface area contributed by atoms with E-state index in [1.165, 1.54) is 17.0 Å². The highest BCUT2D eigenvalue weighted by Gasteiger charge is 2.40. The maximum absolute atomic E-state index is 14.0. The molecule has 2 aromatic rings. The summed E-state index contributed by atoms with van der Waals surface area (Å²) >= 11 is 0. The highest BCUT2D eigenvalue weighted by molar-refractivity contribution is 7.89. The standard InChI is InChI=1S/C30H41N7O6S.ClH/c31-30(32)36-11-3-4-21(19-36)18-33-27(38)17-26(34-44(41,42)25-10-7-22-5-1-2-6-23(22)16-25)29(40)37(24-8-9-24)20-28(39)35-12-14-43-15-13-35;/h1-2,5-7,10,16,21,24,26,34H,3-4,8-9,11-15,17-20H2,(H3,31,32)(H,33,38);1H/t21?,26-;/m0./s1. The van der Waals surface area contributed by atoms with Gasteiger partial charge in [0.25, 0.3) is 0 Å². The lowest BCUT2D eigenvalue weighted by atomic mass is 9.98. The van der Waals surface area contributed by atoms with Crippen LogP contribution in [0.5, 0.6) is 0 Å². The Morgan fingerprint density at radius 3 is 2.42 bits per heavy atom. The van der Waals surface area contributed by atoms with Gasteiger partial charge in [0.2, 0.25) is 27.7 Å². The van der Waals surface area contributed by atoms with E-state index in [2.05, 4.69) is 10.0 Å². The molecule has 1 saturated carbocycles. The van der Waals surface area contributed by atoms with Crippen molar-refractivity contribution in [3.05, 3.63) is 42.5 Å². The monoisotopic (exact) mass is 663 g/mol. The van der Waals surface area contributed by atoms with E-state index < -0.39 is 34.3 Å². The second kappa shape index (κ2) is 15.2. The molecule has 0 radical (unpaired) electrons. The first-order chi connectivity index (χ1) is 21.1. The average molecular weight is 664 g/mol. The Balaban J connectivity index is 0.00000461. The fourth-order valence-electron chi connectivity index (χ4n) is 5.77. The molecule has 2 saturated heterocycles. The van der Waals surface area contributed by atoms with Gasteiger partial charge in [-0.3, -0.25) is 19.8 Å². The summed E-state index contributed by atoms with van der Waals surface area (Å²) in [6.45, 7) is 3.03. The van der Waals surface area contributed by atoms with Gasteiger partial charge in [0.15, 0.2) is 5.96 Å². The predicted molar refractivity (Wildman–Crippen MR) is 171 cm³/mol. The van der Waals surface area contributed by atoms with Crippen molar-refractivity contribution in [3.8, 4) is 0 Å². The van der Waals surface area contributed by atoms with E-state index in [-0.39, 0.29) is 47.7 Å². The van der Waals surface area contributed by atoms with Crippen molar-refractivity contribution < 1.29 is 27.5 Å². The number of carbonyl (C=O) groups excluding carboxylic acids is 3. The molecular formula is C30H42ClN7O6S. The number of nitrogens with zero attached hydrogens (tertiary/aromatic N) is 3. The molecule has 15 heteroatoms. The normalized spacial score (nSPS) is 19.3. The average Bonchev–Trinajstić information content (AvgIpc) is 3.87. The highest BCUT2D eigenvalue weighted by atomic mass is 35.5. The number of morpholine rings is 1. The first kappa shape index (κ1) is 34.4. The molecule has 1 unspecified atom stereocenters. The number of carbonyl (C=O) groups is 3. The molecule has 2 heterocycles. The van der Waals surface area contributed by atoms with Crippen LogP contribution in [0.15, 0.2) is 47.4 Å². The van der Waals surface area contributed by atoms with Crippen LogP contribution in [0, 0.1) is 11.3 Å². The molecule has 3 amide bonds. The molecule has 0 bridgehead atoms. The number of rotatable bonds is 11. The van der Waals surface area contributed by atoms with Gasteiger partial charge in [-0.05, 0) is 54.5 Å². The third-order valence-corrected chi connectivity index (χ3v) is 9.87. The van der Waals surface area contributed by atoms with Crippen molar-refractivity contribution in [2.75, 3.05) is 52.5 Å². The fraction of sp³-hybridized carbons (Fsp3) is 0.533. The summed E-state index contributed by atoms with van der Waals surface area (Å²) in [5.41, 5.74) is 5.64. The van der Waals surface area contributed by atoms with Crippen LogP contribution in [-0.2, 0) is 29.1 Å². The van der Waals surface area contributed by atoms with E-state index in [1.54, 1.807) is 21.9 Å². The summed E-state index contributed by atoms with van der Waals surface area (Å²) in [6, 6.07) is 10.4. The van der Waals surface area contributed by atoms with Gasteiger partial charge in [-0.1, -0.05) is 30.3 Å². The Morgan fingerprint density at radius 1 is 1.02 bits per heavy atom. The van der Waals surface area contributed by atoms with Crippen LogP contribution < -0.4 is 15.8 Å². The van der Waals surface area contributed by atoms with Crippen molar-refractivity contribution >= 4 is 56.9 Å². The lowest BCUT2D eigenvalue weighted by Gasteiger charge is -2.33. The fourth-order valence-corrected chi connectivity index (χ4v) is 6.99. The second-order valence-corrected chi connectivity index (χ2v) is 13.4. The SMILES string of the molecule is Cl.N=C(N)N1CCCC(CNC(=O)C[C@H](NS(=O)(=O)c2ccc3ccccc3c2)C(=O)N(CC(=O)N2CCOCC2)C2CC2)C1. The van der Waals surface area contributed by atoms with Crippen molar-refractivity contribution in [2.24, 2.45) is 11.7 Å². The Morgan fingerprint density at radius 2 is 1.73 bits per heavy atom. The number of nitrogens with two attached hydrogens (primary N) is 1. The summed E-state index contributed by atoms with van der Waals surface area (Å²) in [7, 11) is -4.22. The molecule has 5 rings (SSSR count). The van der Waals surface area contributed by atoms with Gasteiger partial charge in [0.05, 0.1) is 24.5 Å². The van der Waals surface area contributed by atoms with E-state index in [1.807, 2.05) is 18.2 Å². The van der Waals surface area contributed by atoms with E-state index in [0.29, 0.717) is 58.8 Å². The van der Waals surface area contributed by atoms with Crippen LogP contribution in [0.1, 0.15) is 32.1 Å². The van der Waals surface area contributed by atoms with E-state index >= 15 is 0 Å². The van der Waals surface area contributed by atoms with Crippen molar-refractivity contribution in [1.29, 1.82) is 5.41 Å². The lowest BCUT2D eigenvalue weighted by Crippen LogP contribution is -2.54. The zero-order valence-corrected chi connectivity index (χ0v) is 26.8. The first-order valence-electron chi connectivity index (χ1n) is 15.1. The van der Waals surface area contributed by atoms with Gasteiger partial charge in [-0.25, -0.2) is 8.42 Å². The van der Waals surface area contributed by atoms with E-state index in [9.17, 15) is 22.8 Å². The van der Waals surface area contributed by atoms with Gasteiger partial charge < -0.3 is 30.5 Å². The number of sulfonamides is 1. The number of ether oxygens (including phenoxy) is 1. The maximum atomic E-state index is 14.0. The lowest BCUT2D eigenvalue weighted by molar-refractivity contribution is -0.144. The van der Waals surface area contributed by atoms with Crippen molar-refractivity contribution in [2.45, 2.75) is 49.1 Å². The van der Waals surface area contributed by atoms with Crippen molar-refractivity contribution in [1.82, 2.24) is 24.7 Å². The molecule has 2 aromatic carbocycles. The number of likely N-dealkylation sites (tertiary alicyclic amines) is 1. The minimum atomic E-state index is -4.22. The highest BCUT2D eigenvalue weighted by Crippen LogP contribution is 2.28. The van der Waals surface area contributed by atoms with Crippen LogP contribution in [0.4, 0.5) is 0 Å². The number of benzene rings is 2. The molecule has 2 atom stereocenters. The number of guanidine groups is 1. The number of fused-ring (bicyclic) bond motifs is 1. The number of hydrogen-bond donors (Lipinski definition) is 4. The van der Waals surface area contributed by atoms with Gasteiger partial charge in [-0.2, -0.15) is 4.72 Å². The van der Waals surface area contributed by atoms with Gasteiger partial charge >= 0.3 is 0 Å². The Labute approximate surface area is 269 Å². The minimum Gasteiger partial charge on any atom is -0.378 e. The van der Waals surface area contributed by atoms with Gasteiger partial charge in [-0.15, -0.1) is 12.4 Å². The summed E-state index contributed by atoms with van der Waals surface area (Å²) < 4.78 is 35.1. The largest absolute Gasteiger partial charge is 0.378 e. The third-order valence-electron chi connectivity index (χ3n) is 8.40. The Hall–Kier alpha value is -3.46. The number of amides is 3. The van der Waals surface area contributed by atoms with Crippen LogP contribution in [-0.4, -0.2) is 111 Å². The smallest absolute Gasteiger partial charge is 0.242 e. The molecule has 45 heavy (non-hydrogen) atoms. The zero-order chi connectivity index (χ0) is 31.3. The van der Waals surface area contributed by atoms with Crippen LogP contribution in [0.3, 0.4) is 0 Å². The Kier molecular flexibility index (Phi) is 11.6. The van der Waals surface area contributed by atoms with Crippen LogP contribution in [0.2, 0.25) is 0 Å². The number of halogens is 1. The number of piperidine rings is 1. The van der Waals surface area contributed by atoms with Crippen LogP contribution in [0.25, 0.3) is 10.8 Å². The summed E-state index contributed by atoms with van der Waals surface area (Å²) in [5, 5.41) is 12.1. The van der Waals surface area contributed by atoms with Crippen LogP contribution >= 0.6 is 12.4 Å². The molecule has 5 N–H and O–H groups in total. The number of nitrogens with one attached hydrogen (secondary N) is 3. The molecule has 2 aliphatic heterocycles. The predicted octanol–water partition coefficient (Wildman–Crippen LogP) is 0.870. The summed E-state index contributed by atoms with van der Waals surface area (Å²) in [6.07, 6.45) is 2.66. The molecular weight excluding hydrogens is 622 g/mol. The topological polar surface area (TPSA) is 178 Å². The molecule has 3 aliphatic rings. The molecule has 3 fully saturated rings. The maximum Gasteiger partial charge on any atom is 0.242 e. The zero-order valence-electron chi connectivity index (χ0n) is 25.2. The van der Waals surface area contributed by atoms with Crippen molar-refractivity contribution in [3.63, 3.8) is 0 Å². The Bertz CT molecular complexity index is 1500. The minimum absolute atomic E-state index is 0.